The number of aliphatic hydroxyl groups excluding tert-OH is 1. The van der Waals surface area contributed by atoms with Gasteiger partial charge in [-0.05, 0) is 18.4 Å². The van der Waals surface area contributed by atoms with E-state index >= 15 is 0 Å². The minimum Gasteiger partial charge on any atom is -0.396 e. The summed E-state index contributed by atoms with van der Waals surface area (Å²) in [6.07, 6.45) is 5.29. The van der Waals surface area contributed by atoms with Crippen LogP contribution < -0.4 is 0 Å². The molecule has 1 aromatic carbocycles. The largest absolute Gasteiger partial charge is 0.396 e. The number of amides is 1. The summed E-state index contributed by atoms with van der Waals surface area (Å²) in [5.41, 5.74) is 0.763. The first kappa shape index (κ1) is 15.0. The van der Waals surface area contributed by atoms with Crippen LogP contribution in [0.1, 0.15) is 45.1 Å². The zero-order valence-electron chi connectivity index (χ0n) is 12.5. The van der Waals surface area contributed by atoms with Crippen LogP contribution in [0.5, 0.6) is 0 Å². The Morgan fingerprint density at radius 3 is 2.35 bits per heavy atom. The van der Waals surface area contributed by atoms with Crippen LogP contribution in [0.2, 0.25) is 0 Å². The molecular weight excluding hydrogens is 250 g/mol. The van der Waals surface area contributed by atoms with Crippen LogP contribution in [0, 0.1) is 5.41 Å². The molecule has 20 heavy (non-hydrogen) atoms. The second kappa shape index (κ2) is 5.96. The molecule has 0 heterocycles. The smallest absolute Gasteiger partial charge is 0.210 e. The number of hydrogen-bond donors (Lipinski definition) is 1. The first-order valence-corrected chi connectivity index (χ1v) is 7.42. The van der Waals surface area contributed by atoms with Gasteiger partial charge in [0, 0.05) is 18.6 Å². The number of aliphatic hydroxyl groups is 1. The Hall–Kier alpha value is -1.35. The van der Waals surface area contributed by atoms with Gasteiger partial charge in [0.15, 0.2) is 0 Å². The van der Waals surface area contributed by atoms with Crippen molar-refractivity contribution >= 4 is 6.41 Å². The van der Waals surface area contributed by atoms with Crippen molar-refractivity contribution in [3.63, 3.8) is 0 Å². The Bertz CT molecular complexity index is 436. The maximum Gasteiger partial charge on any atom is 0.210 e. The van der Waals surface area contributed by atoms with E-state index in [1.807, 2.05) is 36.9 Å². The Balaban J connectivity index is 2.34. The third kappa shape index (κ3) is 2.88. The van der Waals surface area contributed by atoms with Crippen LogP contribution in [0.3, 0.4) is 0 Å². The summed E-state index contributed by atoms with van der Waals surface area (Å²) in [4.78, 5) is 13.6. The fourth-order valence-electron chi connectivity index (χ4n) is 3.25. The molecule has 2 rings (SSSR count). The highest BCUT2D eigenvalue weighted by Gasteiger charge is 2.42. The molecule has 0 spiro atoms. The van der Waals surface area contributed by atoms with Crippen molar-refractivity contribution in [2.75, 3.05) is 13.2 Å². The Labute approximate surface area is 121 Å². The lowest BCUT2D eigenvalue weighted by molar-refractivity contribution is -0.127. The molecule has 1 saturated carbocycles. The Morgan fingerprint density at radius 2 is 1.85 bits per heavy atom. The zero-order chi connectivity index (χ0) is 14.6. The molecule has 1 amide bonds. The van der Waals surface area contributed by atoms with E-state index < -0.39 is 0 Å². The van der Waals surface area contributed by atoms with Crippen molar-refractivity contribution in [1.29, 1.82) is 0 Å². The normalized spacial score (nSPS) is 17.9. The minimum atomic E-state index is -0.273. The van der Waals surface area contributed by atoms with E-state index in [1.165, 1.54) is 5.56 Å². The van der Waals surface area contributed by atoms with Gasteiger partial charge in [-0.3, -0.25) is 4.79 Å². The van der Waals surface area contributed by atoms with E-state index in [0.29, 0.717) is 6.54 Å². The SMILES string of the molecule is CC(C)(CO)CN(C=O)C1(c2ccccc2)CCCC1. The Kier molecular flexibility index (Phi) is 4.48. The third-order valence-electron chi connectivity index (χ3n) is 4.45. The second-order valence-electron chi connectivity index (χ2n) is 6.66. The number of hydrogen-bond acceptors (Lipinski definition) is 2. The van der Waals surface area contributed by atoms with Crippen LogP contribution in [0.15, 0.2) is 30.3 Å². The molecule has 3 heteroatoms. The van der Waals surface area contributed by atoms with E-state index in [2.05, 4.69) is 12.1 Å². The van der Waals surface area contributed by atoms with Gasteiger partial charge in [-0.15, -0.1) is 0 Å². The van der Waals surface area contributed by atoms with Crippen molar-refractivity contribution in [3.05, 3.63) is 35.9 Å². The van der Waals surface area contributed by atoms with Gasteiger partial charge in [0.1, 0.15) is 0 Å². The molecule has 0 bridgehead atoms. The van der Waals surface area contributed by atoms with Gasteiger partial charge in [-0.1, -0.05) is 57.0 Å². The fourth-order valence-corrected chi connectivity index (χ4v) is 3.25. The maximum atomic E-state index is 11.7. The van der Waals surface area contributed by atoms with Crippen molar-refractivity contribution < 1.29 is 9.90 Å². The van der Waals surface area contributed by atoms with Gasteiger partial charge in [0.2, 0.25) is 6.41 Å². The quantitative estimate of drug-likeness (QED) is 0.811. The van der Waals surface area contributed by atoms with E-state index in [-0.39, 0.29) is 17.6 Å². The third-order valence-corrected chi connectivity index (χ3v) is 4.45. The molecule has 0 radical (unpaired) electrons. The molecule has 110 valence electrons. The topological polar surface area (TPSA) is 40.5 Å². The van der Waals surface area contributed by atoms with E-state index in [0.717, 1.165) is 32.1 Å². The first-order valence-electron chi connectivity index (χ1n) is 7.42. The van der Waals surface area contributed by atoms with Gasteiger partial charge < -0.3 is 10.0 Å². The van der Waals surface area contributed by atoms with Crippen LogP contribution >= 0.6 is 0 Å². The molecule has 0 aromatic heterocycles. The summed E-state index contributed by atoms with van der Waals surface area (Å²) < 4.78 is 0. The summed E-state index contributed by atoms with van der Waals surface area (Å²) >= 11 is 0. The average Bonchev–Trinajstić information content (AvgIpc) is 2.96. The van der Waals surface area contributed by atoms with E-state index in [1.54, 1.807) is 0 Å². The Morgan fingerprint density at radius 1 is 1.25 bits per heavy atom. The van der Waals surface area contributed by atoms with Crippen molar-refractivity contribution in [1.82, 2.24) is 4.90 Å². The average molecular weight is 275 g/mol. The monoisotopic (exact) mass is 275 g/mol. The van der Waals surface area contributed by atoms with Crippen molar-refractivity contribution in [3.8, 4) is 0 Å². The van der Waals surface area contributed by atoms with Crippen molar-refractivity contribution in [2.45, 2.75) is 45.1 Å². The van der Waals surface area contributed by atoms with Gasteiger partial charge in [-0.25, -0.2) is 0 Å². The summed E-state index contributed by atoms with van der Waals surface area (Å²) in [7, 11) is 0. The van der Waals surface area contributed by atoms with E-state index in [4.69, 9.17) is 0 Å². The van der Waals surface area contributed by atoms with Crippen LogP contribution in [-0.4, -0.2) is 29.6 Å². The maximum absolute atomic E-state index is 11.7. The molecule has 0 aliphatic heterocycles. The molecule has 1 aliphatic carbocycles. The highest BCUT2D eigenvalue weighted by molar-refractivity contribution is 5.51. The molecule has 3 nitrogen and oxygen atoms in total. The second-order valence-corrected chi connectivity index (χ2v) is 6.66. The summed E-state index contributed by atoms with van der Waals surface area (Å²) in [6, 6.07) is 10.3. The minimum absolute atomic E-state index is 0.0855. The van der Waals surface area contributed by atoms with Gasteiger partial charge >= 0.3 is 0 Å². The van der Waals surface area contributed by atoms with Crippen LogP contribution in [0.25, 0.3) is 0 Å². The molecule has 1 aromatic rings. The predicted molar refractivity (Wildman–Crippen MR) is 80.2 cm³/mol. The highest BCUT2D eigenvalue weighted by atomic mass is 16.3. The van der Waals surface area contributed by atoms with Crippen LogP contribution in [0.4, 0.5) is 0 Å². The van der Waals surface area contributed by atoms with Crippen molar-refractivity contribution in [2.24, 2.45) is 5.41 Å². The molecule has 1 N–H and O–H groups in total. The summed E-state index contributed by atoms with van der Waals surface area (Å²) in [5, 5.41) is 9.49. The lowest BCUT2D eigenvalue weighted by Crippen LogP contribution is -2.48. The van der Waals surface area contributed by atoms with Crippen LogP contribution in [-0.2, 0) is 10.3 Å². The molecular formula is C17H25NO2. The highest BCUT2D eigenvalue weighted by Crippen LogP contribution is 2.44. The van der Waals surface area contributed by atoms with Gasteiger partial charge in [0.05, 0.1) is 5.54 Å². The number of benzene rings is 1. The predicted octanol–water partition coefficient (Wildman–Crippen LogP) is 2.93. The standard InChI is InChI=1S/C17H25NO2/c1-16(2,13-19)12-18(14-20)17(10-6-7-11-17)15-8-4-3-5-9-15/h3-5,8-9,14,19H,6-7,10-13H2,1-2H3. The number of carbonyl (C=O) groups excluding carboxylic acids is 1. The van der Waals surface area contributed by atoms with E-state index in [9.17, 15) is 9.90 Å². The fraction of sp³-hybridized carbons (Fsp3) is 0.588. The number of rotatable bonds is 6. The lowest BCUT2D eigenvalue weighted by Gasteiger charge is -2.43. The summed E-state index contributed by atoms with van der Waals surface area (Å²) in [5.74, 6) is 0. The zero-order valence-corrected chi connectivity index (χ0v) is 12.5. The first-order chi connectivity index (χ1) is 9.54. The van der Waals surface area contributed by atoms with Gasteiger partial charge in [0.25, 0.3) is 0 Å². The molecule has 0 atom stereocenters. The number of nitrogens with zero attached hydrogens (tertiary/aromatic N) is 1. The molecule has 0 saturated heterocycles. The lowest BCUT2D eigenvalue weighted by atomic mass is 9.84. The molecule has 0 unspecified atom stereocenters. The molecule has 1 fully saturated rings. The summed E-state index contributed by atoms with van der Waals surface area (Å²) in [6.45, 7) is 4.67. The molecule has 1 aliphatic rings. The number of carbonyl (C=O) groups is 1. The van der Waals surface area contributed by atoms with Gasteiger partial charge in [-0.2, -0.15) is 0 Å².